The molecule has 0 bridgehead atoms. The van der Waals surface area contributed by atoms with Gasteiger partial charge in [-0.15, -0.1) is 0 Å². The third kappa shape index (κ3) is 6.42. The van der Waals surface area contributed by atoms with Gasteiger partial charge in [-0.1, -0.05) is 29.9 Å². The highest BCUT2D eigenvalue weighted by Gasteiger charge is 2.10. The van der Waals surface area contributed by atoms with Crippen LogP contribution in [0.1, 0.15) is 44.4 Å². The molecule has 0 unspecified atom stereocenters. The van der Waals surface area contributed by atoms with E-state index in [2.05, 4.69) is 25.2 Å². The van der Waals surface area contributed by atoms with Crippen molar-refractivity contribution in [1.29, 1.82) is 0 Å². The van der Waals surface area contributed by atoms with Gasteiger partial charge in [0.15, 0.2) is 0 Å². The van der Waals surface area contributed by atoms with E-state index in [-0.39, 0.29) is 11.7 Å². The Kier molecular flexibility index (Phi) is 7.89. The molecule has 0 radical (unpaired) electrons. The Morgan fingerprint density at radius 2 is 1.86 bits per heavy atom. The van der Waals surface area contributed by atoms with Gasteiger partial charge < -0.3 is 19.9 Å². The molecule has 2 aromatic carbocycles. The lowest BCUT2D eigenvalue weighted by Crippen LogP contribution is -2.07. The van der Waals surface area contributed by atoms with E-state index >= 15 is 0 Å². The number of allylic oxidation sites excluding steroid dienone is 2. The largest absolute Gasteiger partial charge is 0.508 e. The van der Waals surface area contributed by atoms with Crippen LogP contribution in [0.15, 0.2) is 42.0 Å². The van der Waals surface area contributed by atoms with Gasteiger partial charge in [-0.3, -0.25) is 4.79 Å². The number of aromatic hydroxyl groups is 1. The maximum atomic E-state index is 11.3. The molecule has 5 heteroatoms. The molecule has 1 amide bonds. The summed E-state index contributed by atoms with van der Waals surface area (Å²) in [4.78, 5) is 11.3. The lowest BCUT2D eigenvalue weighted by molar-refractivity contribution is -0.114. The quantitative estimate of drug-likeness (QED) is 0.461. The van der Waals surface area contributed by atoms with Gasteiger partial charge in [0, 0.05) is 18.6 Å². The average molecular weight is 395 g/mol. The number of hydrogen-bond donors (Lipinski definition) is 2. The number of benzene rings is 2. The number of nitrogens with one attached hydrogen (secondary N) is 1. The van der Waals surface area contributed by atoms with E-state index in [9.17, 15) is 9.90 Å². The molecule has 2 aromatic rings. The van der Waals surface area contributed by atoms with Crippen molar-refractivity contribution in [2.24, 2.45) is 0 Å². The number of anilines is 1. The van der Waals surface area contributed by atoms with Crippen molar-refractivity contribution in [1.82, 2.24) is 0 Å². The standard InChI is InChI=1S/C24H29NO4/c1-6-29-23-15-20(27)14-19(21(23)11-7-16(2)3)10-8-18-9-12-22(25-17(4)26)24(13-18)28-5/h7-10,12-15,27H,6,11H2,1-5H3,(H,25,26)/b10-8+. The Balaban J connectivity index is 2.42. The maximum Gasteiger partial charge on any atom is 0.221 e. The molecule has 0 saturated carbocycles. The maximum absolute atomic E-state index is 11.3. The molecule has 0 atom stereocenters. The molecule has 0 saturated heterocycles. The number of carbonyl (C=O) groups excluding carboxylic acids is 1. The van der Waals surface area contributed by atoms with Gasteiger partial charge in [0.05, 0.1) is 19.4 Å². The minimum atomic E-state index is -0.154. The molecule has 0 spiro atoms. The molecule has 2 rings (SSSR count). The number of amides is 1. The molecule has 2 N–H and O–H groups in total. The lowest BCUT2D eigenvalue weighted by atomic mass is 10.00. The predicted molar refractivity (Wildman–Crippen MR) is 119 cm³/mol. The fourth-order valence-electron chi connectivity index (χ4n) is 2.90. The molecule has 0 heterocycles. The fourth-order valence-corrected chi connectivity index (χ4v) is 2.90. The topological polar surface area (TPSA) is 67.8 Å². The first-order valence-electron chi connectivity index (χ1n) is 9.59. The second kappa shape index (κ2) is 10.4. The third-order valence-corrected chi connectivity index (χ3v) is 4.23. The van der Waals surface area contributed by atoms with Crippen LogP contribution < -0.4 is 14.8 Å². The summed E-state index contributed by atoms with van der Waals surface area (Å²) in [5.41, 5.74) is 4.65. The second-order valence-corrected chi connectivity index (χ2v) is 6.90. The molecule has 0 fully saturated rings. The summed E-state index contributed by atoms with van der Waals surface area (Å²) in [7, 11) is 1.56. The number of phenolic OH excluding ortho intramolecular Hbond substituents is 1. The molecule has 29 heavy (non-hydrogen) atoms. The fraction of sp³-hybridized carbons (Fsp3) is 0.292. The van der Waals surface area contributed by atoms with E-state index in [1.807, 2.05) is 31.2 Å². The molecule has 5 nitrogen and oxygen atoms in total. The lowest BCUT2D eigenvalue weighted by Gasteiger charge is -2.13. The van der Waals surface area contributed by atoms with Crippen LogP contribution in [0.4, 0.5) is 5.69 Å². The first-order chi connectivity index (χ1) is 13.8. The summed E-state index contributed by atoms with van der Waals surface area (Å²) in [6.45, 7) is 8.01. The zero-order chi connectivity index (χ0) is 21.4. The van der Waals surface area contributed by atoms with Crippen LogP contribution in [0.25, 0.3) is 12.2 Å². The number of carbonyl (C=O) groups is 1. The van der Waals surface area contributed by atoms with E-state index < -0.39 is 0 Å². The summed E-state index contributed by atoms with van der Waals surface area (Å²) in [5, 5.41) is 12.9. The molecule has 0 aliphatic heterocycles. The van der Waals surface area contributed by atoms with Crippen LogP contribution in [0.3, 0.4) is 0 Å². The zero-order valence-electron chi connectivity index (χ0n) is 17.7. The van der Waals surface area contributed by atoms with Gasteiger partial charge in [0.2, 0.25) is 5.91 Å². The van der Waals surface area contributed by atoms with Crippen molar-refractivity contribution in [2.75, 3.05) is 19.0 Å². The van der Waals surface area contributed by atoms with Gasteiger partial charge in [-0.25, -0.2) is 0 Å². The highest BCUT2D eigenvalue weighted by Crippen LogP contribution is 2.32. The Bertz CT molecular complexity index is 925. The van der Waals surface area contributed by atoms with Crippen LogP contribution in [0, 0.1) is 0 Å². The van der Waals surface area contributed by atoms with E-state index in [1.54, 1.807) is 25.3 Å². The van der Waals surface area contributed by atoms with Crippen molar-refractivity contribution in [3.63, 3.8) is 0 Å². The molecule has 154 valence electrons. The Hall–Kier alpha value is -3.21. The summed E-state index contributed by atoms with van der Waals surface area (Å²) < 4.78 is 11.1. The number of phenols is 1. The summed E-state index contributed by atoms with van der Waals surface area (Å²) in [6, 6.07) is 8.94. The van der Waals surface area contributed by atoms with Gasteiger partial charge in [0.25, 0.3) is 0 Å². The average Bonchev–Trinajstić information content (AvgIpc) is 2.66. The van der Waals surface area contributed by atoms with Crippen molar-refractivity contribution in [2.45, 2.75) is 34.1 Å². The van der Waals surface area contributed by atoms with E-state index in [0.29, 0.717) is 30.2 Å². The van der Waals surface area contributed by atoms with E-state index in [4.69, 9.17) is 9.47 Å². The minimum absolute atomic E-state index is 0.154. The summed E-state index contributed by atoms with van der Waals surface area (Å²) in [6.07, 6.45) is 6.74. The zero-order valence-corrected chi connectivity index (χ0v) is 17.7. The Morgan fingerprint density at radius 3 is 2.48 bits per heavy atom. The van der Waals surface area contributed by atoms with Crippen LogP contribution in [-0.2, 0) is 11.2 Å². The highest BCUT2D eigenvalue weighted by molar-refractivity contribution is 5.90. The van der Waals surface area contributed by atoms with Gasteiger partial charge >= 0.3 is 0 Å². The van der Waals surface area contributed by atoms with E-state index in [0.717, 1.165) is 16.7 Å². The van der Waals surface area contributed by atoms with Crippen LogP contribution in [-0.4, -0.2) is 24.7 Å². The van der Waals surface area contributed by atoms with Crippen molar-refractivity contribution in [3.8, 4) is 17.2 Å². The summed E-state index contributed by atoms with van der Waals surface area (Å²) in [5.74, 6) is 1.27. The Labute approximate surface area is 172 Å². The predicted octanol–water partition coefficient (Wildman–Crippen LogP) is 5.44. The van der Waals surface area contributed by atoms with Gasteiger partial charge in [-0.05, 0) is 56.5 Å². The third-order valence-electron chi connectivity index (χ3n) is 4.23. The molecule has 0 aromatic heterocycles. The molecule has 0 aliphatic rings. The second-order valence-electron chi connectivity index (χ2n) is 6.90. The van der Waals surface area contributed by atoms with Crippen molar-refractivity contribution >= 4 is 23.7 Å². The molecular weight excluding hydrogens is 366 g/mol. The Morgan fingerprint density at radius 1 is 1.10 bits per heavy atom. The molecule has 0 aliphatic carbocycles. The highest BCUT2D eigenvalue weighted by atomic mass is 16.5. The van der Waals surface area contributed by atoms with Crippen LogP contribution in [0.2, 0.25) is 0 Å². The van der Waals surface area contributed by atoms with Crippen LogP contribution in [0.5, 0.6) is 17.2 Å². The summed E-state index contributed by atoms with van der Waals surface area (Å²) >= 11 is 0. The number of ether oxygens (including phenoxy) is 2. The van der Waals surface area contributed by atoms with E-state index in [1.165, 1.54) is 12.5 Å². The smallest absolute Gasteiger partial charge is 0.221 e. The minimum Gasteiger partial charge on any atom is -0.508 e. The first-order valence-corrected chi connectivity index (χ1v) is 9.59. The van der Waals surface area contributed by atoms with Gasteiger partial charge in [-0.2, -0.15) is 0 Å². The van der Waals surface area contributed by atoms with Crippen molar-refractivity contribution in [3.05, 3.63) is 58.7 Å². The number of rotatable bonds is 8. The first kappa shape index (κ1) is 22.1. The number of hydrogen-bond acceptors (Lipinski definition) is 4. The van der Waals surface area contributed by atoms with Gasteiger partial charge in [0.1, 0.15) is 17.2 Å². The monoisotopic (exact) mass is 395 g/mol. The SMILES string of the molecule is CCOc1cc(O)cc(/C=C/c2ccc(NC(C)=O)c(OC)c2)c1CC=C(C)C. The normalized spacial score (nSPS) is 10.7. The van der Waals surface area contributed by atoms with Crippen molar-refractivity contribution < 1.29 is 19.4 Å². The molecular formula is C24H29NO4. The number of methoxy groups -OCH3 is 1. The van der Waals surface area contributed by atoms with Crippen LogP contribution >= 0.6 is 0 Å².